The molecule has 19 heavy (non-hydrogen) atoms. The summed E-state index contributed by atoms with van der Waals surface area (Å²) in [6.07, 6.45) is 3.95. The van der Waals surface area contributed by atoms with E-state index >= 15 is 0 Å². The van der Waals surface area contributed by atoms with E-state index in [-0.39, 0.29) is 18.6 Å². The minimum absolute atomic E-state index is 0.0219. The van der Waals surface area contributed by atoms with Gasteiger partial charge in [-0.2, -0.15) is 0 Å². The van der Waals surface area contributed by atoms with E-state index in [2.05, 4.69) is 0 Å². The smallest absolute Gasteiger partial charge is 0.123 e. The standard InChI is InChI=1S/C14H12Cl2O3/c15-9-1-2-13(18)11(7-9)12-8-10(16)3-4-14(12,19)5-6-17/h1-3,6-8,18-19H,4-5H2. The number of hydrogen-bond acceptors (Lipinski definition) is 3. The highest BCUT2D eigenvalue weighted by Crippen LogP contribution is 2.42. The second-order valence-corrected chi connectivity index (χ2v) is 5.29. The molecule has 1 atom stereocenters. The molecule has 0 radical (unpaired) electrons. The van der Waals surface area contributed by atoms with E-state index in [4.69, 9.17) is 23.2 Å². The largest absolute Gasteiger partial charge is 0.507 e. The Labute approximate surface area is 120 Å². The summed E-state index contributed by atoms with van der Waals surface area (Å²) in [5, 5.41) is 21.3. The number of phenols is 1. The monoisotopic (exact) mass is 298 g/mol. The molecule has 100 valence electrons. The maximum atomic E-state index is 10.8. The van der Waals surface area contributed by atoms with Gasteiger partial charge in [0.05, 0.1) is 0 Å². The molecule has 0 spiro atoms. The quantitative estimate of drug-likeness (QED) is 0.842. The fourth-order valence-corrected chi connectivity index (χ4v) is 2.45. The summed E-state index contributed by atoms with van der Waals surface area (Å²) in [4.78, 5) is 10.8. The molecule has 0 heterocycles. The molecular weight excluding hydrogens is 287 g/mol. The molecule has 1 aromatic carbocycles. The maximum Gasteiger partial charge on any atom is 0.123 e. The number of benzene rings is 1. The zero-order chi connectivity index (χ0) is 14.0. The van der Waals surface area contributed by atoms with Crippen molar-refractivity contribution in [2.45, 2.75) is 18.4 Å². The second-order valence-electron chi connectivity index (χ2n) is 4.41. The van der Waals surface area contributed by atoms with E-state index in [0.717, 1.165) is 0 Å². The van der Waals surface area contributed by atoms with Crippen LogP contribution in [0.25, 0.3) is 5.57 Å². The summed E-state index contributed by atoms with van der Waals surface area (Å²) in [6.45, 7) is 0. The van der Waals surface area contributed by atoms with Crippen LogP contribution in [0.5, 0.6) is 5.75 Å². The topological polar surface area (TPSA) is 57.5 Å². The first-order valence-corrected chi connectivity index (χ1v) is 6.44. The number of aliphatic hydroxyl groups is 1. The summed E-state index contributed by atoms with van der Waals surface area (Å²) < 4.78 is 0. The lowest BCUT2D eigenvalue weighted by atomic mass is 9.80. The highest BCUT2D eigenvalue weighted by molar-refractivity contribution is 6.32. The summed E-state index contributed by atoms with van der Waals surface area (Å²) >= 11 is 11.9. The van der Waals surface area contributed by atoms with Gasteiger partial charge in [-0.1, -0.05) is 29.3 Å². The second kappa shape index (κ2) is 5.37. The predicted octanol–water partition coefficient (Wildman–Crippen LogP) is 3.28. The van der Waals surface area contributed by atoms with Crippen LogP contribution in [0.15, 0.2) is 35.4 Å². The van der Waals surface area contributed by atoms with Gasteiger partial charge in [0.2, 0.25) is 0 Å². The normalized spacial score (nSPS) is 22.7. The third kappa shape index (κ3) is 2.84. The first kappa shape index (κ1) is 14.1. The van der Waals surface area contributed by atoms with Crippen LogP contribution in [-0.2, 0) is 4.79 Å². The van der Waals surface area contributed by atoms with Gasteiger partial charge < -0.3 is 15.0 Å². The molecular formula is C14H12Cl2O3. The Morgan fingerprint density at radius 2 is 2.11 bits per heavy atom. The van der Waals surface area contributed by atoms with Crippen LogP contribution >= 0.6 is 23.2 Å². The van der Waals surface area contributed by atoms with Crippen LogP contribution in [0.3, 0.4) is 0 Å². The molecule has 0 fully saturated rings. The Morgan fingerprint density at radius 1 is 1.37 bits per heavy atom. The zero-order valence-electron chi connectivity index (χ0n) is 9.94. The molecule has 3 nitrogen and oxygen atoms in total. The van der Waals surface area contributed by atoms with E-state index in [1.807, 2.05) is 0 Å². The van der Waals surface area contributed by atoms with Gasteiger partial charge in [0.15, 0.2) is 0 Å². The summed E-state index contributed by atoms with van der Waals surface area (Å²) in [7, 11) is 0. The number of halogens is 2. The van der Waals surface area contributed by atoms with Crippen molar-refractivity contribution in [3.8, 4) is 5.75 Å². The fourth-order valence-electron chi connectivity index (χ4n) is 2.09. The van der Waals surface area contributed by atoms with E-state index < -0.39 is 5.60 Å². The van der Waals surface area contributed by atoms with Crippen molar-refractivity contribution in [1.82, 2.24) is 0 Å². The highest BCUT2D eigenvalue weighted by Gasteiger charge is 2.34. The molecule has 0 saturated heterocycles. The number of carbonyl (C=O) groups excluding carboxylic acids is 1. The average molecular weight is 299 g/mol. The molecule has 0 saturated carbocycles. The van der Waals surface area contributed by atoms with Crippen molar-refractivity contribution in [2.24, 2.45) is 0 Å². The molecule has 0 aliphatic heterocycles. The Morgan fingerprint density at radius 3 is 2.79 bits per heavy atom. The minimum atomic E-state index is -1.37. The number of aromatic hydroxyl groups is 1. The number of carbonyl (C=O) groups is 1. The SMILES string of the molecule is O=CCC1(O)CC=C(Cl)C=C1c1cc(Cl)ccc1O. The van der Waals surface area contributed by atoms with Crippen molar-refractivity contribution < 1.29 is 15.0 Å². The van der Waals surface area contributed by atoms with Crippen molar-refractivity contribution in [2.75, 3.05) is 0 Å². The highest BCUT2D eigenvalue weighted by atomic mass is 35.5. The van der Waals surface area contributed by atoms with Crippen molar-refractivity contribution in [3.63, 3.8) is 0 Å². The van der Waals surface area contributed by atoms with Crippen LogP contribution in [0.4, 0.5) is 0 Å². The van der Waals surface area contributed by atoms with Crippen LogP contribution < -0.4 is 0 Å². The van der Waals surface area contributed by atoms with Gasteiger partial charge in [-0.05, 0) is 29.8 Å². The minimum Gasteiger partial charge on any atom is -0.507 e. The van der Waals surface area contributed by atoms with Gasteiger partial charge in [0.1, 0.15) is 17.6 Å². The predicted molar refractivity (Wildman–Crippen MR) is 75.3 cm³/mol. The van der Waals surface area contributed by atoms with Crippen LogP contribution in [0.2, 0.25) is 5.02 Å². The van der Waals surface area contributed by atoms with Gasteiger partial charge in [-0.15, -0.1) is 0 Å². The number of phenolic OH excluding ortho intramolecular Hbond substituents is 1. The lowest BCUT2D eigenvalue weighted by molar-refractivity contribution is -0.110. The molecule has 0 aromatic heterocycles. The number of aldehydes is 1. The van der Waals surface area contributed by atoms with Crippen molar-refractivity contribution in [3.05, 3.63) is 46.0 Å². The Balaban J connectivity index is 2.57. The zero-order valence-corrected chi connectivity index (χ0v) is 11.4. The van der Waals surface area contributed by atoms with E-state index in [1.54, 1.807) is 18.2 Å². The van der Waals surface area contributed by atoms with Gasteiger partial charge in [0, 0.05) is 28.5 Å². The Kier molecular flexibility index (Phi) is 3.99. The molecule has 1 aliphatic carbocycles. The Hall–Kier alpha value is -1.29. The van der Waals surface area contributed by atoms with Crippen molar-refractivity contribution >= 4 is 35.1 Å². The third-order valence-electron chi connectivity index (χ3n) is 3.09. The van der Waals surface area contributed by atoms with Gasteiger partial charge in [-0.3, -0.25) is 0 Å². The fraction of sp³-hybridized carbons (Fsp3) is 0.214. The number of hydrogen-bond donors (Lipinski definition) is 2. The summed E-state index contributed by atoms with van der Waals surface area (Å²) in [5.74, 6) is -0.0219. The van der Waals surface area contributed by atoms with Crippen LogP contribution in [0.1, 0.15) is 18.4 Å². The molecule has 2 rings (SSSR count). The molecule has 2 N–H and O–H groups in total. The van der Waals surface area contributed by atoms with E-state index in [9.17, 15) is 15.0 Å². The lowest BCUT2D eigenvalue weighted by Crippen LogP contribution is -2.32. The van der Waals surface area contributed by atoms with Crippen molar-refractivity contribution in [1.29, 1.82) is 0 Å². The number of allylic oxidation sites excluding steroid dienone is 2. The summed E-state index contributed by atoms with van der Waals surface area (Å²) in [6, 6.07) is 4.51. The first-order chi connectivity index (χ1) is 8.96. The molecule has 0 amide bonds. The van der Waals surface area contributed by atoms with Crippen LogP contribution in [-0.4, -0.2) is 22.1 Å². The Bertz CT molecular complexity index is 578. The number of rotatable bonds is 3. The third-order valence-corrected chi connectivity index (χ3v) is 3.59. The molecule has 1 aromatic rings. The van der Waals surface area contributed by atoms with Gasteiger partial charge in [0.25, 0.3) is 0 Å². The maximum absolute atomic E-state index is 10.8. The first-order valence-electron chi connectivity index (χ1n) is 5.69. The summed E-state index contributed by atoms with van der Waals surface area (Å²) in [5.41, 5.74) is -0.599. The molecule has 1 aliphatic rings. The van der Waals surface area contributed by atoms with Gasteiger partial charge >= 0.3 is 0 Å². The molecule has 5 heteroatoms. The molecule has 0 bridgehead atoms. The van der Waals surface area contributed by atoms with Crippen LogP contribution in [0, 0.1) is 0 Å². The lowest BCUT2D eigenvalue weighted by Gasteiger charge is -2.31. The van der Waals surface area contributed by atoms with Gasteiger partial charge in [-0.25, -0.2) is 0 Å². The van der Waals surface area contributed by atoms with E-state index in [1.165, 1.54) is 12.1 Å². The molecule has 1 unspecified atom stereocenters. The average Bonchev–Trinajstić information content (AvgIpc) is 2.36. The van der Waals surface area contributed by atoms with E-state index in [0.29, 0.717) is 27.5 Å².